The van der Waals surface area contributed by atoms with Gasteiger partial charge in [0, 0.05) is 37.2 Å². The fourth-order valence-electron chi connectivity index (χ4n) is 2.24. The van der Waals surface area contributed by atoms with Gasteiger partial charge in [-0.2, -0.15) is 0 Å². The summed E-state index contributed by atoms with van der Waals surface area (Å²) in [4.78, 5) is 24.8. The number of rotatable bonds is 4. The monoisotopic (exact) mass is 279 g/mol. The minimum absolute atomic E-state index is 0.0666. The van der Waals surface area contributed by atoms with Crippen molar-refractivity contribution >= 4 is 22.8 Å². The second-order valence-electron chi connectivity index (χ2n) is 4.52. The predicted octanol–water partition coefficient (Wildman–Crippen LogP) is 2.08. The van der Waals surface area contributed by atoms with Crippen molar-refractivity contribution in [2.24, 2.45) is 0 Å². The molecule has 1 heterocycles. The van der Waals surface area contributed by atoms with Crippen LogP contribution in [0.3, 0.4) is 0 Å². The van der Waals surface area contributed by atoms with E-state index in [1.165, 1.54) is 18.7 Å². The molecule has 1 unspecified atom stereocenters. The lowest BCUT2D eigenvalue weighted by atomic mass is 10.2. The first-order valence-electron chi connectivity index (χ1n) is 6.17. The van der Waals surface area contributed by atoms with Gasteiger partial charge in [-0.15, -0.1) is 0 Å². The lowest BCUT2D eigenvalue weighted by molar-refractivity contribution is -0.128. The molecule has 1 atom stereocenters. The van der Waals surface area contributed by atoms with Gasteiger partial charge in [-0.1, -0.05) is 30.0 Å². The highest BCUT2D eigenvalue weighted by molar-refractivity contribution is 8.14. The van der Waals surface area contributed by atoms with Crippen LogP contribution in [0.1, 0.15) is 18.9 Å². The van der Waals surface area contributed by atoms with Crippen LogP contribution in [0.15, 0.2) is 24.3 Å². The van der Waals surface area contributed by atoms with Crippen molar-refractivity contribution in [1.82, 2.24) is 4.90 Å². The van der Waals surface area contributed by atoms with Crippen molar-refractivity contribution in [1.29, 1.82) is 0 Å². The predicted molar refractivity (Wildman–Crippen MR) is 75.1 cm³/mol. The van der Waals surface area contributed by atoms with Crippen molar-refractivity contribution in [3.8, 4) is 5.75 Å². The molecule has 102 valence electrons. The highest BCUT2D eigenvalue weighted by atomic mass is 32.2. The van der Waals surface area contributed by atoms with Gasteiger partial charge in [0.15, 0.2) is 5.12 Å². The molecule has 2 rings (SSSR count). The molecule has 0 saturated carbocycles. The van der Waals surface area contributed by atoms with E-state index in [0.29, 0.717) is 19.5 Å². The highest BCUT2D eigenvalue weighted by Crippen LogP contribution is 2.27. The molecule has 1 saturated heterocycles. The molecule has 0 N–H and O–H groups in total. The third-order valence-corrected chi connectivity index (χ3v) is 4.05. The molecule has 0 radical (unpaired) electrons. The summed E-state index contributed by atoms with van der Waals surface area (Å²) < 4.78 is 5.28. The molecule has 5 heteroatoms. The summed E-state index contributed by atoms with van der Waals surface area (Å²) in [6.07, 6.45) is 0.444. The SMILES string of the molecule is COc1ccccc1CN1CC(SC(C)=O)CC1=O. The number of methoxy groups -OCH3 is 1. The number of likely N-dealkylation sites (tertiary alicyclic amines) is 1. The van der Waals surface area contributed by atoms with E-state index in [1.54, 1.807) is 12.0 Å². The van der Waals surface area contributed by atoms with E-state index in [0.717, 1.165) is 11.3 Å². The second-order valence-corrected chi connectivity index (χ2v) is 6.00. The molecule has 1 aromatic carbocycles. The average Bonchev–Trinajstić information content (AvgIpc) is 2.69. The minimum Gasteiger partial charge on any atom is -0.496 e. The number of thioether (sulfide) groups is 1. The van der Waals surface area contributed by atoms with Gasteiger partial charge in [-0.25, -0.2) is 0 Å². The van der Waals surface area contributed by atoms with Crippen molar-refractivity contribution in [3.05, 3.63) is 29.8 Å². The van der Waals surface area contributed by atoms with Crippen LogP contribution in [-0.4, -0.2) is 34.8 Å². The molecule has 0 bridgehead atoms. The van der Waals surface area contributed by atoms with Crippen LogP contribution >= 0.6 is 11.8 Å². The van der Waals surface area contributed by atoms with E-state index in [4.69, 9.17) is 4.74 Å². The Bertz CT molecular complexity index is 489. The van der Waals surface area contributed by atoms with Gasteiger partial charge in [0.05, 0.1) is 7.11 Å². The fourth-order valence-corrected chi connectivity index (χ4v) is 3.19. The third kappa shape index (κ3) is 3.50. The molecule has 0 spiro atoms. The molecule has 1 amide bonds. The molecule has 1 fully saturated rings. The van der Waals surface area contributed by atoms with Gasteiger partial charge in [0.2, 0.25) is 5.91 Å². The lowest BCUT2D eigenvalue weighted by Gasteiger charge is -2.18. The van der Waals surface area contributed by atoms with Crippen molar-refractivity contribution < 1.29 is 14.3 Å². The molecule has 1 aromatic rings. The smallest absolute Gasteiger partial charge is 0.224 e. The fraction of sp³-hybridized carbons (Fsp3) is 0.429. The number of hydrogen-bond acceptors (Lipinski definition) is 4. The van der Waals surface area contributed by atoms with Crippen LogP contribution in [0, 0.1) is 0 Å². The quantitative estimate of drug-likeness (QED) is 0.846. The summed E-state index contributed by atoms with van der Waals surface area (Å²) in [5, 5.41) is 0.150. The number of amides is 1. The van der Waals surface area contributed by atoms with Gasteiger partial charge in [-0.05, 0) is 6.07 Å². The number of carbonyl (C=O) groups excluding carboxylic acids is 2. The standard InChI is InChI=1S/C14H17NO3S/c1-10(16)19-12-7-14(17)15(9-12)8-11-5-3-4-6-13(11)18-2/h3-6,12H,7-9H2,1-2H3. The Morgan fingerprint density at radius 3 is 2.89 bits per heavy atom. The Kier molecular flexibility index (Phi) is 4.47. The number of carbonyl (C=O) groups is 2. The normalized spacial score (nSPS) is 18.7. The molecule has 1 aliphatic rings. The van der Waals surface area contributed by atoms with E-state index < -0.39 is 0 Å². The molecule has 4 nitrogen and oxygen atoms in total. The Morgan fingerprint density at radius 1 is 1.47 bits per heavy atom. The molecular weight excluding hydrogens is 262 g/mol. The highest BCUT2D eigenvalue weighted by Gasteiger charge is 2.31. The topological polar surface area (TPSA) is 46.6 Å². The number of para-hydroxylation sites is 1. The maximum Gasteiger partial charge on any atom is 0.224 e. The van der Waals surface area contributed by atoms with Crippen LogP contribution in [-0.2, 0) is 16.1 Å². The number of ether oxygens (including phenoxy) is 1. The van der Waals surface area contributed by atoms with Gasteiger partial charge in [0.1, 0.15) is 5.75 Å². The summed E-state index contributed by atoms with van der Waals surface area (Å²) in [5.74, 6) is 0.891. The largest absolute Gasteiger partial charge is 0.496 e. The Morgan fingerprint density at radius 2 is 2.21 bits per heavy atom. The molecule has 1 aliphatic heterocycles. The Labute approximate surface area is 117 Å². The van der Waals surface area contributed by atoms with Crippen molar-refractivity contribution in [2.45, 2.75) is 25.1 Å². The summed E-state index contributed by atoms with van der Waals surface area (Å²) in [6, 6.07) is 7.68. The van der Waals surface area contributed by atoms with Gasteiger partial charge >= 0.3 is 0 Å². The molecular formula is C14H17NO3S. The zero-order chi connectivity index (χ0) is 13.8. The second kappa shape index (κ2) is 6.10. The van der Waals surface area contributed by atoms with Gasteiger partial charge < -0.3 is 9.64 Å². The van der Waals surface area contributed by atoms with Crippen LogP contribution in [0.25, 0.3) is 0 Å². The maximum atomic E-state index is 11.9. The van der Waals surface area contributed by atoms with E-state index in [-0.39, 0.29) is 16.3 Å². The Balaban J connectivity index is 2.03. The average molecular weight is 279 g/mol. The van der Waals surface area contributed by atoms with Crippen LogP contribution < -0.4 is 4.74 Å². The lowest BCUT2D eigenvalue weighted by Crippen LogP contribution is -2.25. The van der Waals surface area contributed by atoms with Crippen LogP contribution in [0.2, 0.25) is 0 Å². The Hall–Kier alpha value is -1.49. The number of benzene rings is 1. The first kappa shape index (κ1) is 13.9. The zero-order valence-corrected chi connectivity index (χ0v) is 11.9. The summed E-state index contributed by atoms with van der Waals surface area (Å²) >= 11 is 1.26. The van der Waals surface area contributed by atoms with E-state index in [9.17, 15) is 9.59 Å². The summed E-state index contributed by atoms with van der Waals surface area (Å²) in [7, 11) is 1.62. The number of hydrogen-bond donors (Lipinski definition) is 0. The van der Waals surface area contributed by atoms with E-state index in [2.05, 4.69) is 0 Å². The van der Waals surface area contributed by atoms with Crippen LogP contribution in [0.5, 0.6) is 5.75 Å². The first-order valence-corrected chi connectivity index (χ1v) is 7.05. The van der Waals surface area contributed by atoms with Gasteiger partial charge in [0.25, 0.3) is 0 Å². The maximum absolute atomic E-state index is 11.9. The molecule has 19 heavy (non-hydrogen) atoms. The third-order valence-electron chi connectivity index (χ3n) is 3.07. The zero-order valence-electron chi connectivity index (χ0n) is 11.1. The van der Waals surface area contributed by atoms with E-state index >= 15 is 0 Å². The van der Waals surface area contributed by atoms with Gasteiger partial charge in [-0.3, -0.25) is 9.59 Å². The van der Waals surface area contributed by atoms with Crippen molar-refractivity contribution in [2.75, 3.05) is 13.7 Å². The van der Waals surface area contributed by atoms with E-state index in [1.807, 2.05) is 24.3 Å². The first-order chi connectivity index (χ1) is 9.10. The summed E-state index contributed by atoms with van der Waals surface area (Å²) in [5.41, 5.74) is 0.992. The van der Waals surface area contributed by atoms with Crippen molar-refractivity contribution in [3.63, 3.8) is 0 Å². The minimum atomic E-state index is 0.0666. The van der Waals surface area contributed by atoms with Crippen LogP contribution in [0.4, 0.5) is 0 Å². The molecule has 0 aliphatic carbocycles. The summed E-state index contributed by atoms with van der Waals surface area (Å²) in [6.45, 7) is 2.71. The number of nitrogens with zero attached hydrogens (tertiary/aromatic N) is 1. The molecule has 0 aromatic heterocycles.